The molecule has 4 nitrogen and oxygen atoms in total. The molecule has 1 saturated carbocycles. The van der Waals surface area contributed by atoms with E-state index in [-0.39, 0.29) is 6.10 Å². The van der Waals surface area contributed by atoms with E-state index >= 15 is 0 Å². The van der Waals surface area contributed by atoms with Gasteiger partial charge >= 0.3 is 0 Å². The molecular formula is C13H21N3O. The smallest absolute Gasteiger partial charge is 0.169 e. The van der Waals surface area contributed by atoms with Crippen molar-refractivity contribution in [2.75, 3.05) is 11.9 Å². The van der Waals surface area contributed by atoms with Crippen LogP contribution in [-0.2, 0) is 0 Å². The van der Waals surface area contributed by atoms with Gasteiger partial charge in [-0.1, -0.05) is 0 Å². The molecule has 3 N–H and O–H groups in total. The quantitative estimate of drug-likeness (QED) is 0.792. The first-order chi connectivity index (χ1) is 8.20. The number of pyridine rings is 1. The predicted octanol–water partition coefficient (Wildman–Crippen LogP) is 2.02. The van der Waals surface area contributed by atoms with E-state index in [0.717, 1.165) is 11.6 Å². The SMILES string of the molecule is CC(C)Oc1cccnc1NC(CN)C1CC1. The second-order valence-electron chi connectivity index (χ2n) is 4.84. The number of aromatic nitrogens is 1. The molecule has 1 atom stereocenters. The number of ether oxygens (including phenoxy) is 1. The monoisotopic (exact) mass is 235 g/mol. The van der Waals surface area contributed by atoms with Gasteiger partial charge in [0.1, 0.15) is 0 Å². The van der Waals surface area contributed by atoms with E-state index < -0.39 is 0 Å². The fourth-order valence-corrected chi connectivity index (χ4v) is 1.89. The minimum atomic E-state index is 0.150. The van der Waals surface area contributed by atoms with Crippen LogP contribution in [0.4, 0.5) is 5.82 Å². The molecule has 1 aromatic rings. The summed E-state index contributed by atoms with van der Waals surface area (Å²) in [5, 5.41) is 3.40. The first-order valence-electron chi connectivity index (χ1n) is 6.29. The number of rotatable bonds is 6. The molecule has 1 fully saturated rings. The fourth-order valence-electron chi connectivity index (χ4n) is 1.89. The summed E-state index contributed by atoms with van der Waals surface area (Å²) in [6.07, 6.45) is 4.46. The van der Waals surface area contributed by atoms with Crippen LogP contribution < -0.4 is 15.8 Å². The van der Waals surface area contributed by atoms with Gasteiger partial charge in [-0.15, -0.1) is 0 Å². The lowest BCUT2D eigenvalue weighted by Crippen LogP contribution is -2.31. The Hall–Kier alpha value is -1.29. The van der Waals surface area contributed by atoms with Crippen molar-refractivity contribution in [2.24, 2.45) is 11.7 Å². The van der Waals surface area contributed by atoms with Crippen LogP contribution in [0.2, 0.25) is 0 Å². The predicted molar refractivity (Wildman–Crippen MR) is 69.2 cm³/mol. The molecule has 17 heavy (non-hydrogen) atoms. The highest BCUT2D eigenvalue weighted by Crippen LogP contribution is 2.35. The van der Waals surface area contributed by atoms with Crippen molar-refractivity contribution in [1.29, 1.82) is 0 Å². The fraction of sp³-hybridized carbons (Fsp3) is 0.615. The van der Waals surface area contributed by atoms with Crippen LogP contribution in [0.15, 0.2) is 18.3 Å². The number of hydrogen-bond donors (Lipinski definition) is 2. The maximum atomic E-state index is 5.78. The van der Waals surface area contributed by atoms with Gasteiger partial charge in [0.25, 0.3) is 0 Å². The summed E-state index contributed by atoms with van der Waals surface area (Å²) < 4.78 is 5.73. The number of anilines is 1. The second-order valence-corrected chi connectivity index (χ2v) is 4.84. The Morgan fingerprint density at radius 3 is 2.88 bits per heavy atom. The summed E-state index contributed by atoms with van der Waals surface area (Å²) in [6, 6.07) is 4.15. The topological polar surface area (TPSA) is 60.2 Å². The Morgan fingerprint density at radius 1 is 1.53 bits per heavy atom. The van der Waals surface area contributed by atoms with Crippen LogP contribution in [0.3, 0.4) is 0 Å². The molecule has 1 unspecified atom stereocenters. The minimum Gasteiger partial charge on any atom is -0.487 e. The largest absolute Gasteiger partial charge is 0.487 e. The number of nitrogens with one attached hydrogen (secondary N) is 1. The third-order valence-electron chi connectivity index (χ3n) is 2.90. The van der Waals surface area contributed by atoms with Gasteiger partial charge in [-0.05, 0) is 44.7 Å². The van der Waals surface area contributed by atoms with Gasteiger partial charge in [-0.3, -0.25) is 0 Å². The highest BCUT2D eigenvalue weighted by molar-refractivity contribution is 5.50. The van der Waals surface area contributed by atoms with E-state index in [9.17, 15) is 0 Å². The Morgan fingerprint density at radius 2 is 2.29 bits per heavy atom. The Bertz CT molecular complexity index is 363. The Kier molecular flexibility index (Phi) is 3.84. The van der Waals surface area contributed by atoms with Crippen molar-refractivity contribution in [3.05, 3.63) is 18.3 Å². The Balaban J connectivity index is 2.07. The molecule has 0 saturated heterocycles. The lowest BCUT2D eigenvalue weighted by Gasteiger charge is -2.20. The maximum absolute atomic E-state index is 5.78. The van der Waals surface area contributed by atoms with Crippen LogP contribution in [0.5, 0.6) is 5.75 Å². The molecule has 1 heterocycles. The van der Waals surface area contributed by atoms with Crippen LogP contribution >= 0.6 is 0 Å². The Labute approximate surface area is 103 Å². The van der Waals surface area contributed by atoms with Crippen molar-refractivity contribution in [1.82, 2.24) is 4.98 Å². The molecule has 2 rings (SSSR count). The molecule has 1 aliphatic carbocycles. The molecule has 0 amide bonds. The van der Waals surface area contributed by atoms with Crippen molar-refractivity contribution >= 4 is 5.82 Å². The molecule has 0 bridgehead atoms. The molecule has 0 radical (unpaired) electrons. The van der Waals surface area contributed by atoms with Gasteiger partial charge in [0.15, 0.2) is 11.6 Å². The van der Waals surface area contributed by atoms with Gasteiger partial charge in [0.2, 0.25) is 0 Å². The van der Waals surface area contributed by atoms with Crippen molar-refractivity contribution in [3.8, 4) is 5.75 Å². The maximum Gasteiger partial charge on any atom is 0.169 e. The van der Waals surface area contributed by atoms with E-state index in [1.54, 1.807) is 6.20 Å². The summed E-state index contributed by atoms with van der Waals surface area (Å²) in [5.41, 5.74) is 5.78. The average molecular weight is 235 g/mol. The van der Waals surface area contributed by atoms with Crippen LogP contribution in [-0.4, -0.2) is 23.7 Å². The third kappa shape index (κ3) is 3.33. The molecule has 4 heteroatoms. The summed E-state index contributed by atoms with van der Waals surface area (Å²) in [5.74, 6) is 2.32. The molecule has 94 valence electrons. The first kappa shape index (κ1) is 12.2. The van der Waals surface area contributed by atoms with E-state index in [4.69, 9.17) is 10.5 Å². The molecule has 0 aliphatic heterocycles. The van der Waals surface area contributed by atoms with Crippen molar-refractivity contribution in [3.63, 3.8) is 0 Å². The van der Waals surface area contributed by atoms with Crippen molar-refractivity contribution in [2.45, 2.75) is 38.8 Å². The highest BCUT2D eigenvalue weighted by atomic mass is 16.5. The highest BCUT2D eigenvalue weighted by Gasteiger charge is 2.30. The first-order valence-corrected chi connectivity index (χ1v) is 6.29. The van der Waals surface area contributed by atoms with Crippen LogP contribution in [0, 0.1) is 5.92 Å². The zero-order valence-electron chi connectivity index (χ0n) is 10.5. The van der Waals surface area contributed by atoms with Crippen LogP contribution in [0.25, 0.3) is 0 Å². The van der Waals surface area contributed by atoms with E-state index in [0.29, 0.717) is 18.5 Å². The molecule has 1 aromatic heterocycles. The zero-order chi connectivity index (χ0) is 12.3. The normalized spacial score (nSPS) is 16.9. The van der Waals surface area contributed by atoms with Gasteiger partial charge < -0.3 is 15.8 Å². The second kappa shape index (κ2) is 5.36. The van der Waals surface area contributed by atoms with Gasteiger partial charge in [0.05, 0.1) is 6.10 Å². The zero-order valence-corrected chi connectivity index (χ0v) is 10.5. The van der Waals surface area contributed by atoms with E-state index in [1.807, 2.05) is 26.0 Å². The van der Waals surface area contributed by atoms with E-state index in [2.05, 4.69) is 10.3 Å². The van der Waals surface area contributed by atoms with E-state index in [1.165, 1.54) is 12.8 Å². The van der Waals surface area contributed by atoms with Gasteiger partial charge in [0, 0.05) is 18.8 Å². The number of nitrogens with zero attached hydrogens (tertiary/aromatic N) is 1. The molecule has 0 spiro atoms. The average Bonchev–Trinajstić information content (AvgIpc) is 3.11. The lowest BCUT2D eigenvalue weighted by atomic mass is 10.2. The summed E-state index contributed by atoms with van der Waals surface area (Å²) in [4.78, 5) is 4.34. The van der Waals surface area contributed by atoms with Gasteiger partial charge in [-0.2, -0.15) is 0 Å². The summed E-state index contributed by atoms with van der Waals surface area (Å²) in [6.45, 7) is 4.67. The standard InChI is InChI=1S/C13H21N3O/c1-9(2)17-12-4-3-7-15-13(12)16-11(8-14)10-5-6-10/h3-4,7,9-11H,5-6,8,14H2,1-2H3,(H,15,16). The molecule has 1 aliphatic rings. The minimum absolute atomic E-state index is 0.150. The van der Waals surface area contributed by atoms with Gasteiger partial charge in [-0.25, -0.2) is 4.98 Å². The molecular weight excluding hydrogens is 214 g/mol. The molecule has 0 aromatic carbocycles. The lowest BCUT2D eigenvalue weighted by molar-refractivity contribution is 0.242. The van der Waals surface area contributed by atoms with Crippen LogP contribution in [0.1, 0.15) is 26.7 Å². The third-order valence-corrected chi connectivity index (χ3v) is 2.90. The summed E-state index contributed by atoms with van der Waals surface area (Å²) in [7, 11) is 0. The summed E-state index contributed by atoms with van der Waals surface area (Å²) >= 11 is 0. The number of nitrogens with two attached hydrogens (primary N) is 1. The number of hydrogen-bond acceptors (Lipinski definition) is 4. The van der Waals surface area contributed by atoms with Crippen molar-refractivity contribution < 1.29 is 4.74 Å².